The van der Waals surface area contributed by atoms with Gasteiger partial charge in [0, 0.05) is 60.3 Å². The zero-order chi connectivity index (χ0) is 68.7. The van der Waals surface area contributed by atoms with Crippen LogP contribution in [0.2, 0.25) is 0 Å². The summed E-state index contributed by atoms with van der Waals surface area (Å²) >= 11 is 3.15. The second-order valence-electron chi connectivity index (χ2n) is 22.2. The van der Waals surface area contributed by atoms with Gasteiger partial charge in [0.2, 0.25) is 0 Å². The number of carboxylic acids is 1. The van der Waals surface area contributed by atoms with E-state index >= 15 is 0 Å². The van der Waals surface area contributed by atoms with Crippen LogP contribution in [0.4, 0.5) is 0 Å². The number of pyridine rings is 3. The summed E-state index contributed by atoms with van der Waals surface area (Å²) in [4.78, 5) is 84.2. The fourth-order valence-corrected chi connectivity index (χ4v) is 12.0. The normalized spacial score (nSPS) is 10.5. The second kappa shape index (κ2) is 34.3. The molecule has 0 aliphatic heterocycles. The van der Waals surface area contributed by atoms with Crippen LogP contribution in [-0.4, -0.2) is 88.5 Å². The zero-order valence-electron chi connectivity index (χ0n) is 55.0. The summed E-state index contributed by atoms with van der Waals surface area (Å²) in [5.74, 6) is -5.93. The standard InChI is InChI=1S/C26H22N2O5.C26H24N2O3.C24H20N2O3.C2H5Br.Na.H2O/c1-16-20(14-18-10-5-6-11-19(18)17-8-3-2-4-9-17)28-13-7-12-21(33-15-22(29)30)24(28)23(16)25(31)26(27)32;1-3-31-22-14-9-15-28-21(17(2)23(24(22)28)25(29)26(27)30)16-19-12-7-8-13-20(19)18-10-5-4-6-11-18;1-15-19(14-17-10-5-6-11-18(17)16-8-3-2-4-9-16)26-13-7-12-20(27)22(26)21(15)23(28)24(25)29;1-2-3;;/h2-13H,14-15H2,1H3,(H2,27,32)(H,29,30);4-15H,3,16H2,1-2H3,(H2,27,30);2-13,27H,14H2,1H3,(H2,25,29);2H2,1H3;;1H2/q;;;;+1;/p-1. The van der Waals surface area contributed by atoms with E-state index in [1.54, 1.807) is 59.3 Å². The maximum atomic E-state index is 12.8. The minimum atomic E-state index is -1.15. The summed E-state index contributed by atoms with van der Waals surface area (Å²) in [5, 5.41) is 20.5. The number of ether oxygens (including phenoxy) is 2. The zero-order valence-corrected chi connectivity index (χ0v) is 58.6. The van der Waals surface area contributed by atoms with Gasteiger partial charge < -0.3 is 55.6 Å². The van der Waals surface area contributed by atoms with Gasteiger partial charge in [0.1, 0.15) is 17.2 Å². The molecular weight excluding hydrogens is 1320 g/mol. The van der Waals surface area contributed by atoms with Crippen molar-refractivity contribution in [1.82, 2.24) is 13.2 Å². The first kappa shape index (κ1) is 74.7. The van der Waals surface area contributed by atoms with Crippen molar-refractivity contribution in [3.63, 3.8) is 0 Å². The average Bonchev–Trinajstić information content (AvgIpc) is 1.61. The predicted octanol–water partition coefficient (Wildman–Crippen LogP) is 10.3. The Morgan fingerprint density at radius 2 is 0.704 bits per heavy atom. The Morgan fingerprint density at radius 1 is 0.418 bits per heavy atom. The van der Waals surface area contributed by atoms with Gasteiger partial charge in [-0.25, -0.2) is 4.79 Å². The van der Waals surface area contributed by atoms with Crippen LogP contribution in [0.25, 0.3) is 49.9 Å². The minimum absolute atomic E-state index is 0. The SMILES string of the molecule is CCBr.CCOc1cccn2c(Cc3ccccc3-c3ccccc3)c(C)c(C(=O)C(N)=O)c12.Cc1c(C(=O)C(N)=O)c2c(O)cccn2c1Cc1ccccc1-c1ccccc1.Cc1c(C(=O)C(N)=O)c2c(OCC(=O)O)cccn2c1Cc1ccccc1-c1ccccc1.[Na+].[OH-]. The summed E-state index contributed by atoms with van der Waals surface area (Å²) in [7, 11) is 0. The average molecular weight is 1390 g/mol. The number of ketones is 3. The van der Waals surface area contributed by atoms with Gasteiger partial charge in [-0.1, -0.05) is 187 Å². The van der Waals surface area contributed by atoms with Crippen LogP contribution in [0.3, 0.4) is 0 Å². The molecule has 20 heteroatoms. The van der Waals surface area contributed by atoms with Crippen LogP contribution < -0.4 is 56.2 Å². The van der Waals surface area contributed by atoms with Crippen molar-refractivity contribution >= 4 is 73.5 Å². The summed E-state index contributed by atoms with van der Waals surface area (Å²) in [5.41, 5.74) is 32.0. The first-order valence-electron chi connectivity index (χ1n) is 30.8. The van der Waals surface area contributed by atoms with Crippen molar-refractivity contribution in [1.29, 1.82) is 0 Å². The monoisotopic (exact) mass is 1390 g/mol. The molecule has 0 unspecified atom stereocenters. The molecule has 6 heterocycles. The number of carbonyl (C=O) groups excluding carboxylic acids is 6. The van der Waals surface area contributed by atoms with Crippen LogP contribution in [0.1, 0.15) is 95.4 Å². The minimum Gasteiger partial charge on any atom is -0.870 e. The molecule has 9 N–H and O–H groups in total. The van der Waals surface area contributed by atoms with Crippen molar-refractivity contribution in [2.45, 2.75) is 53.9 Å². The number of benzene rings is 6. The molecule has 6 aromatic carbocycles. The third kappa shape index (κ3) is 16.4. The number of hydrogen-bond acceptors (Lipinski definition) is 11. The maximum absolute atomic E-state index is 12.8. The molecule has 0 atom stereocenters. The number of halogens is 1. The second-order valence-corrected chi connectivity index (χ2v) is 23.3. The van der Waals surface area contributed by atoms with Gasteiger partial charge in [-0.05, 0) is 131 Å². The molecule has 12 aromatic rings. The first-order chi connectivity index (χ1) is 46.3. The number of amides is 3. The molecule has 98 heavy (non-hydrogen) atoms. The van der Waals surface area contributed by atoms with E-state index in [0.717, 1.165) is 78.0 Å². The number of carboxylic acid groups (broad SMARTS) is 1. The van der Waals surface area contributed by atoms with Gasteiger partial charge in [0.15, 0.2) is 6.61 Å². The van der Waals surface area contributed by atoms with Crippen LogP contribution in [0, 0.1) is 20.8 Å². The molecule has 3 amide bonds. The predicted molar refractivity (Wildman–Crippen MR) is 378 cm³/mol. The molecule has 0 radical (unpaired) electrons. The quantitative estimate of drug-likeness (QED) is 0.0206. The van der Waals surface area contributed by atoms with Crippen molar-refractivity contribution in [2.75, 3.05) is 18.5 Å². The Kier molecular flexibility index (Phi) is 26.2. The summed E-state index contributed by atoms with van der Waals surface area (Å²) in [6.45, 7) is 9.18. The van der Waals surface area contributed by atoms with Gasteiger partial charge in [0.05, 0.1) is 39.8 Å². The topological polar surface area (TPSA) is 300 Å². The number of alkyl halides is 1. The number of fused-ring (bicyclic) bond motifs is 3. The van der Waals surface area contributed by atoms with Crippen molar-refractivity contribution < 1.29 is 88.3 Å². The number of rotatable bonds is 20. The molecule has 0 saturated heterocycles. The molecule has 0 spiro atoms. The Hall–Kier alpha value is -10.7. The smallest absolute Gasteiger partial charge is 0.870 e. The van der Waals surface area contributed by atoms with E-state index in [-0.39, 0.29) is 57.7 Å². The number of primary amides is 3. The van der Waals surface area contributed by atoms with E-state index in [0.29, 0.717) is 64.9 Å². The Morgan fingerprint density at radius 3 is 1.02 bits per heavy atom. The van der Waals surface area contributed by atoms with Crippen LogP contribution in [0.5, 0.6) is 17.2 Å². The number of nitrogens with two attached hydrogens (primary N) is 3. The number of Topliss-reactive ketones (excluding diaryl/α,β-unsaturated/α-hetero) is 3. The van der Waals surface area contributed by atoms with Crippen LogP contribution >= 0.6 is 15.9 Å². The van der Waals surface area contributed by atoms with Gasteiger partial charge in [0.25, 0.3) is 35.1 Å². The molecule has 0 aliphatic rings. The summed E-state index contributed by atoms with van der Waals surface area (Å²) in [6.07, 6.45) is 7.00. The van der Waals surface area contributed by atoms with Gasteiger partial charge in [-0.15, -0.1) is 0 Å². The summed E-state index contributed by atoms with van der Waals surface area (Å²) < 4.78 is 16.7. The van der Waals surface area contributed by atoms with E-state index in [9.17, 15) is 38.7 Å². The third-order valence-electron chi connectivity index (χ3n) is 16.3. The molecule has 0 bridgehead atoms. The third-order valence-corrected chi connectivity index (χ3v) is 16.3. The number of hydrogen-bond donors (Lipinski definition) is 5. The van der Waals surface area contributed by atoms with E-state index in [4.69, 9.17) is 31.8 Å². The Bertz CT molecular complexity index is 4890. The first-order valence-corrected chi connectivity index (χ1v) is 32.0. The molecule has 0 aliphatic carbocycles. The van der Waals surface area contributed by atoms with E-state index < -0.39 is 47.6 Å². The van der Waals surface area contributed by atoms with Crippen molar-refractivity contribution in [2.24, 2.45) is 17.2 Å². The van der Waals surface area contributed by atoms with Crippen LogP contribution in [-0.2, 0) is 38.4 Å². The Labute approximate surface area is 597 Å². The Balaban J connectivity index is 0.000000201. The van der Waals surface area contributed by atoms with Gasteiger partial charge in [-0.2, -0.15) is 0 Å². The number of aromatic nitrogens is 3. The van der Waals surface area contributed by atoms with Crippen LogP contribution in [0.15, 0.2) is 219 Å². The van der Waals surface area contributed by atoms with E-state index in [1.807, 2.05) is 159 Å². The maximum Gasteiger partial charge on any atom is 1.00 e. The number of aromatic hydroxyl groups is 1. The van der Waals surface area contributed by atoms with E-state index in [2.05, 4.69) is 58.4 Å². The number of nitrogens with zero attached hydrogens (tertiary/aromatic N) is 3. The van der Waals surface area contributed by atoms with Gasteiger partial charge in [-0.3, -0.25) is 28.8 Å². The molecule has 12 rings (SSSR count). The molecule has 18 nitrogen and oxygen atoms in total. The fraction of sp³-hybridized carbons (Fsp3) is 0.141. The molecular formula is C78H72BrN6NaO12. The largest absolute Gasteiger partial charge is 1.00 e. The molecule has 494 valence electrons. The number of aliphatic carboxylic acids is 1. The molecule has 6 aromatic heterocycles. The fourth-order valence-electron chi connectivity index (χ4n) is 12.0. The molecule has 0 fully saturated rings. The van der Waals surface area contributed by atoms with Crippen molar-refractivity contribution in [3.8, 4) is 50.6 Å². The van der Waals surface area contributed by atoms with Gasteiger partial charge >= 0.3 is 35.5 Å². The number of carbonyl (C=O) groups is 7. The van der Waals surface area contributed by atoms with E-state index in [1.165, 1.54) is 6.07 Å². The van der Waals surface area contributed by atoms with Crippen molar-refractivity contribution in [3.05, 3.63) is 286 Å². The summed E-state index contributed by atoms with van der Waals surface area (Å²) in [6, 6.07) is 64.6. The molecule has 0 saturated carbocycles.